The molecular weight excluding hydrogens is 260 g/mol. The van der Waals surface area contributed by atoms with Crippen molar-refractivity contribution in [1.29, 1.82) is 0 Å². The van der Waals surface area contributed by atoms with E-state index < -0.39 is 0 Å². The topological polar surface area (TPSA) is 93.4 Å². The molecular formula is C12H18N6S. The van der Waals surface area contributed by atoms with Crippen molar-refractivity contribution in [3.8, 4) is 0 Å². The van der Waals surface area contributed by atoms with E-state index in [2.05, 4.69) is 45.9 Å². The predicted molar refractivity (Wildman–Crippen MR) is 75.1 cm³/mol. The molecule has 2 rings (SSSR count). The van der Waals surface area contributed by atoms with Crippen LogP contribution in [-0.4, -0.2) is 25.1 Å². The zero-order valence-corrected chi connectivity index (χ0v) is 12.6. The van der Waals surface area contributed by atoms with Gasteiger partial charge >= 0.3 is 0 Å². The predicted octanol–water partition coefficient (Wildman–Crippen LogP) is 2.24. The van der Waals surface area contributed by atoms with E-state index in [0.29, 0.717) is 11.0 Å². The van der Waals surface area contributed by atoms with Crippen LogP contribution in [-0.2, 0) is 5.41 Å². The summed E-state index contributed by atoms with van der Waals surface area (Å²) in [6.07, 6.45) is 0. The average molecular weight is 278 g/mol. The van der Waals surface area contributed by atoms with Crippen molar-refractivity contribution < 1.29 is 0 Å². The molecule has 0 aliphatic carbocycles. The molecule has 102 valence electrons. The monoisotopic (exact) mass is 278 g/mol. The molecule has 2 aromatic rings. The summed E-state index contributed by atoms with van der Waals surface area (Å²) in [5.41, 5.74) is 6.68. The maximum atomic E-state index is 5.96. The summed E-state index contributed by atoms with van der Waals surface area (Å²) >= 11 is 1.39. The van der Waals surface area contributed by atoms with Gasteiger partial charge in [0.15, 0.2) is 0 Å². The minimum absolute atomic E-state index is 0.147. The molecule has 3 N–H and O–H groups in total. The van der Waals surface area contributed by atoms with Gasteiger partial charge in [-0.25, -0.2) is 15.0 Å². The van der Waals surface area contributed by atoms with E-state index in [1.54, 1.807) is 0 Å². The molecule has 0 aliphatic rings. The number of aryl methyl sites for hydroxylation is 1. The lowest BCUT2D eigenvalue weighted by Crippen LogP contribution is -2.18. The van der Waals surface area contributed by atoms with Crippen LogP contribution in [0.5, 0.6) is 0 Å². The number of aromatic nitrogens is 5. The van der Waals surface area contributed by atoms with E-state index in [-0.39, 0.29) is 5.41 Å². The maximum Gasteiger partial charge on any atom is 0.214 e. The number of aromatic amines is 1. The number of hydrogen-bond acceptors (Lipinski definition) is 6. The van der Waals surface area contributed by atoms with Gasteiger partial charge in [0.25, 0.3) is 0 Å². The molecule has 6 nitrogen and oxygen atoms in total. The number of nitrogens with two attached hydrogens (primary N) is 1. The van der Waals surface area contributed by atoms with E-state index in [0.717, 1.165) is 22.2 Å². The Bertz CT molecular complexity index is 599. The Hall–Kier alpha value is -1.63. The van der Waals surface area contributed by atoms with Gasteiger partial charge in [-0.05, 0) is 25.6 Å². The van der Waals surface area contributed by atoms with E-state index >= 15 is 0 Å². The minimum atomic E-state index is -0.147. The van der Waals surface area contributed by atoms with Crippen LogP contribution in [0.1, 0.15) is 38.0 Å². The van der Waals surface area contributed by atoms with Gasteiger partial charge in [-0.3, -0.25) is 5.10 Å². The number of nitrogens with one attached hydrogen (secondary N) is 1. The molecule has 0 saturated heterocycles. The van der Waals surface area contributed by atoms with Crippen LogP contribution in [0.15, 0.2) is 10.2 Å². The van der Waals surface area contributed by atoms with Crippen molar-refractivity contribution in [3.63, 3.8) is 0 Å². The molecule has 0 saturated carbocycles. The standard InChI is InChI=1S/C12H18N6S/c1-6-8(13)15-10(12(3,4)5)16-9(6)19-11-14-7(2)17-18-11/h1-5H3,(H2,13,15,16)(H,14,17,18). The Labute approximate surface area is 116 Å². The molecule has 0 bridgehead atoms. The molecule has 2 aromatic heterocycles. The normalized spacial score (nSPS) is 11.8. The second-order valence-corrected chi connectivity index (χ2v) is 6.37. The van der Waals surface area contributed by atoms with Crippen LogP contribution in [0.2, 0.25) is 0 Å². The molecule has 0 fully saturated rings. The van der Waals surface area contributed by atoms with E-state index in [1.165, 1.54) is 11.8 Å². The highest BCUT2D eigenvalue weighted by atomic mass is 32.2. The van der Waals surface area contributed by atoms with Gasteiger partial charge in [-0.15, -0.1) is 5.10 Å². The smallest absolute Gasteiger partial charge is 0.214 e. The first-order valence-corrected chi connectivity index (χ1v) is 6.80. The van der Waals surface area contributed by atoms with Crippen LogP contribution in [0.25, 0.3) is 0 Å². The average Bonchev–Trinajstić information content (AvgIpc) is 2.69. The highest BCUT2D eigenvalue weighted by molar-refractivity contribution is 7.99. The Morgan fingerprint density at radius 2 is 1.79 bits per heavy atom. The van der Waals surface area contributed by atoms with Crippen LogP contribution >= 0.6 is 11.8 Å². The lowest BCUT2D eigenvalue weighted by Gasteiger charge is -2.18. The molecule has 0 aromatic carbocycles. The van der Waals surface area contributed by atoms with Crippen molar-refractivity contribution in [3.05, 3.63) is 17.2 Å². The molecule has 19 heavy (non-hydrogen) atoms. The van der Waals surface area contributed by atoms with Gasteiger partial charge in [0.2, 0.25) is 5.16 Å². The number of nitrogens with zero attached hydrogens (tertiary/aromatic N) is 4. The Morgan fingerprint density at radius 1 is 1.11 bits per heavy atom. The highest BCUT2D eigenvalue weighted by Gasteiger charge is 2.21. The Balaban J connectivity index is 2.41. The quantitative estimate of drug-likeness (QED) is 0.818. The highest BCUT2D eigenvalue weighted by Crippen LogP contribution is 2.30. The van der Waals surface area contributed by atoms with Gasteiger partial charge in [-0.2, -0.15) is 0 Å². The van der Waals surface area contributed by atoms with Crippen LogP contribution in [0.3, 0.4) is 0 Å². The lowest BCUT2D eigenvalue weighted by atomic mass is 9.95. The lowest BCUT2D eigenvalue weighted by molar-refractivity contribution is 0.538. The summed E-state index contributed by atoms with van der Waals surface area (Å²) in [5, 5.41) is 8.35. The van der Waals surface area contributed by atoms with E-state index in [1.807, 2.05) is 13.8 Å². The summed E-state index contributed by atoms with van der Waals surface area (Å²) in [5.74, 6) is 2.01. The molecule has 2 heterocycles. The van der Waals surface area contributed by atoms with Gasteiger partial charge in [-0.1, -0.05) is 20.8 Å². The molecule has 7 heteroatoms. The Kier molecular flexibility index (Phi) is 3.49. The molecule has 0 amide bonds. The third-order valence-corrected chi connectivity index (χ3v) is 3.53. The van der Waals surface area contributed by atoms with Crippen molar-refractivity contribution >= 4 is 17.6 Å². The molecule has 0 atom stereocenters. The first-order chi connectivity index (χ1) is 8.77. The first kappa shape index (κ1) is 13.8. The van der Waals surface area contributed by atoms with Crippen molar-refractivity contribution in [2.45, 2.75) is 50.2 Å². The molecule has 0 unspecified atom stereocenters. The fourth-order valence-electron chi connectivity index (χ4n) is 1.40. The SMILES string of the molecule is Cc1nc(Sc2nc(C(C)(C)C)nc(N)c2C)n[nH]1. The van der Waals surface area contributed by atoms with E-state index in [4.69, 9.17) is 5.73 Å². The fourth-order valence-corrected chi connectivity index (χ4v) is 2.24. The zero-order chi connectivity index (χ0) is 14.2. The largest absolute Gasteiger partial charge is 0.383 e. The van der Waals surface area contributed by atoms with Gasteiger partial charge in [0.05, 0.1) is 0 Å². The molecule has 0 radical (unpaired) electrons. The number of rotatable bonds is 2. The minimum Gasteiger partial charge on any atom is -0.383 e. The Morgan fingerprint density at radius 3 is 2.32 bits per heavy atom. The third kappa shape index (κ3) is 3.04. The second-order valence-electron chi connectivity index (χ2n) is 5.42. The van der Waals surface area contributed by atoms with Crippen LogP contribution < -0.4 is 5.73 Å². The van der Waals surface area contributed by atoms with Gasteiger partial charge in [0.1, 0.15) is 22.5 Å². The molecule has 0 spiro atoms. The second kappa shape index (κ2) is 4.80. The number of anilines is 1. The number of hydrogen-bond donors (Lipinski definition) is 2. The van der Waals surface area contributed by atoms with E-state index in [9.17, 15) is 0 Å². The maximum absolute atomic E-state index is 5.96. The van der Waals surface area contributed by atoms with Gasteiger partial charge < -0.3 is 5.73 Å². The summed E-state index contributed by atoms with van der Waals surface area (Å²) < 4.78 is 0. The number of H-pyrrole nitrogens is 1. The first-order valence-electron chi connectivity index (χ1n) is 5.99. The van der Waals surface area contributed by atoms with Crippen molar-refractivity contribution in [1.82, 2.24) is 25.1 Å². The fraction of sp³-hybridized carbons (Fsp3) is 0.500. The van der Waals surface area contributed by atoms with Gasteiger partial charge in [0, 0.05) is 11.0 Å². The molecule has 0 aliphatic heterocycles. The third-order valence-electron chi connectivity index (χ3n) is 2.57. The number of nitrogen functional groups attached to an aromatic ring is 1. The van der Waals surface area contributed by atoms with Crippen molar-refractivity contribution in [2.24, 2.45) is 0 Å². The van der Waals surface area contributed by atoms with Crippen LogP contribution in [0, 0.1) is 13.8 Å². The van der Waals surface area contributed by atoms with Crippen LogP contribution in [0.4, 0.5) is 5.82 Å². The summed E-state index contributed by atoms with van der Waals surface area (Å²) in [6.45, 7) is 9.94. The summed E-state index contributed by atoms with van der Waals surface area (Å²) in [4.78, 5) is 13.2. The summed E-state index contributed by atoms with van der Waals surface area (Å²) in [6, 6.07) is 0. The zero-order valence-electron chi connectivity index (χ0n) is 11.8. The van der Waals surface area contributed by atoms with Crippen molar-refractivity contribution in [2.75, 3.05) is 5.73 Å². The summed E-state index contributed by atoms with van der Waals surface area (Å²) in [7, 11) is 0.